The Morgan fingerprint density at radius 1 is 1.07 bits per heavy atom. The van der Waals surface area contributed by atoms with Gasteiger partial charge >= 0.3 is 5.97 Å². The number of benzene rings is 2. The second-order valence-electron chi connectivity index (χ2n) is 6.49. The van der Waals surface area contributed by atoms with E-state index in [4.69, 9.17) is 4.74 Å². The molecule has 0 aliphatic carbocycles. The zero-order valence-corrected chi connectivity index (χ0v) is 16.1. The quantitative estimate of drug-likeness (QED) is 0.536. The SMILES string of the molecule is CNC(=O)c1cccc(NC(=O)COC(=O)CN2C(=O)Cc3ccccc3C2=O)c1. The molecule has 2 aromatic carbocycles. The van der Waals surface area contributed by atoms with E-state index in [-0.39, 0.29) is 12.3 Å². The fourth-order valence-electron chi connectivity index (χ4n) is 2.96. The smallest absolute Gasteiger partial charge is 0.326 e. The van der Waals surface area contributed by atoms with Gasteiger partial charge in [0.15, 0.2) is 6.61 Å². The zero-order chi connectivity index (χ0) is 21.7. The third-order valence-electron chi connectivity index (χ3n) is 4.42. The van der Waals surface area contributed by atoms with Gasteiger partial charge in [-0.25, -0.2) is 0 Å². The highest BCUT2D eigenvalue weighted by Gasteiger charge is 2.32. The molecule has 0 saturated carbocycles. The second-order valence-corrected chi connectivity index (χ2v) is 6.49. The van der Waals surface area contributed by atoms with E-state index in [1.165, 1.54) is 13.1 Å². The molecule has 0 unspecified atom stereocenters. The van der Waals surface area contributed by atoms with Crippen molar-refractivity contribution in [2.75, 3.05) is 25.5 Å². The summed E-state index contributed by atoms with van der Waals surface area (Å²) >= 11 is 0. The van der Waals surface area contributed by atoms with Crippen LogP contribution in [-0.4, -0.2) is 54.7 Å². The standard InChI is InChI=1S/C21H19N3O6/c1-22-20(28)14-6-4-7-15(9-14)23-17(25)12-30-19(27)11-24-18(26)10-13-5-2-3-8-16(13)21(24)29/h2-9H,10-12H2,1H3,(H,22,28)(H,23,25). The number of esters is 1. The normalized spacial score (nSPS) is 12.8. The first-order chi connectivity index (χ1) is 14.4. The van der Waals surface area contributed by atoms with Gasteiger partial charge in [-0.05, 0) is 29.8 Å². The lowest BCUT2D eigenvalue weighted by Crippen LogP contribution is -2.45. The number of fused-ring (bicyclic) bond motifs is 1. The fraction of sp³-hybridized carbons (Fsp3) is 0.190. The van der Waals surface area contributed by atoms with E-state index in [2.05, 4.69) is 10.6 Å². The monoisotopic (exact) mass is 409 g/mol. The highest BCUT2D eigenvalue weighted by atomic mass is 16.5. The van der Waals surface area contributed by atoms with Crippen molar-refractivity contribution in [3.8, 4) is 0 Å². The molecule has 0 fully saturated rings. The average Bonchev–Trinajstić information content (AvgIpc) is 2.75. The number of nitrogens with one attached hydrogen (secondary N) is 2. The average molecular weight is 409 g/mol. The molecule has 30 heavy (non-hydrogen) atoms. The Kier molecular flexibility index (Phi) is 6.21. The van der Waals surface area contributed by atoms with E-state index in [1.54, 1.807) is 42.5 Å². The summed E-state index contributed by atoms with van der Waals surface area (Å²) in [5, 5.41) is 4.98. The minimum atomic E-state index is -0.884. The van der Waals surface area contributed by atoms with Crippen molar-refractivity contribution in [3.05, 3.63) is 65.2 Å². The van der Waals surface area contributed by atoms with Gasteiger partial charge in [0.1, 0.15) is 6.54 Å². The summed E-state index contributed by atoms with van der Waals surface area (Å²) in [6.45, 7) is -1.18. The predicted octanol–water partition coefficient (Wildman–Crippen LogP) is 0.753. The molecule has 1 heterocycles. The minimum Gasteiger partial charge on any atom is -0.454 e. The number of nitrogens with zero attached hydrogens (tertiary/aromatic N) is 1. The Hall–Kier alpha value is -4.01. The van der Waals surface area contributed by atoms with Gasteiger partial charge < -0.3 is 15.4 Å². The van der Waals surface area contributed by atoms with Gasteiger partial charge in [-0.15, -0.1) is 0 Å². The van der Waals surface area contributed by atoms with Crippen molar-refractivity contribution < 1.29 is 28.7 Å². The lowest BCUT2D eigenvalue weighted by atomic mass is 9.98. The molecule has 1 aliphatic heterocycles. The number of imide groups is 1. The van der Waals surface area contributed by atoms with Gasteiger partial charge in [-0.3, -0.25) is 28.9 Å². The third kappa shape index (κ3) is 4.69. The van der Waals surface area contributed by atoms with Crippen LogP contribution < -0.4 is 10.6 Å². The number of hydrogen-bond acceptors (Lipinski definition) is 6. The van der Waals surface area contributed by atoms with Crippen molar-refractivity contribution in [1.29, 1.82) is 0 Å². The number of hydrogen-bond donors (Lipinski definition) is 2. The number of anilines is 1. The first kappa shape index (κ1) is 20.7. The van der Waals surface area contributed by atoms with Gasteiger partial charge in [0.25, 0.3) is 17.7 Å². The largest absolute Gasteiger partial charge is 0.454 e. The van der Waals surface area contributed by atoms with Crippen LogP contribution in [0.25, 0.3) is 0 Å². The van der Waals surface area contributed by atoms with Crippen LogP contribution in [0, 0.1) is 0 Å². The molecule has 0 radical (unpaired) electrons. The summed E-state index contributed by atoms with van der Waals surface area (Å²) < 4.78 is 4.89. The van der Waals surface area contributed by atoms with E-state index < -0.39 is 36.8 Å². The Bertz CT molecular complexity index is 1030. The summed E-state index contributed by atoms with van der Waals surface area (Å²) in [5.74, 6) is -2.90. The molecule has 154 valence electrons. The second kappa shape index (κ2) is 8.99. The highest BCUT2D eigenvalue weighted by molar-refractivity contribution is 6.11. The number of carbonyl (C=O) groups excluding carboxylic acids is 5. The molecular formula is C21H19N3O6. The Morgan fingerprint density at radius 3 is 2.60 bits per heavy atom. The number of amides is 4. The molecule has 0 atom stereocenters. The van der Waals surface area contributed by atoms with Crippen LogP contribution in [0.3, 0.4) is 0 Å². The lowest BCUT2D eigenvalue weighted by molar-refractivity contribution is -0.150. The molecule has 0 spiro atoms. The van der Waals surface area contributed by atoms with E-state index in [0.717, 1.165) is 4.90 Å². The first-order valence-corrected chi connectivity index (χ1v) is 9.09. The van der Waals surface area contributed by atoms with Crippen molar-refractivity contribution >= 4 is 35.3 Å². The van der Waals surface area contributed by atoms with Gasteiger partial charge in [0.2, 0.25) is 5.91 Å². The molecular weight excluding hydrogens is 390 g/mol. The van der Waals surface area contributed by atoms with E-state index in [1.807, 2.05) is 0 Å². The van der Waals surface area contributed by atoms with Crippen LogP contribution in [0.2, 0.25) is 0 Å². The van der Waals surface area contributed by atoms with Gasteiger partial charge in [-0.1, -0.05) is 24.3 Å². The predicted molar refractivity (Wildman–Crippen MR) is 106 cm³/mol. The van der Waals surface area contributed by atoms with Crippen molar-refractivity contribution in [1.82, 2.24) is 10.2 Å². The summed E-state index contributed by atoms with van der Waals surface area (Å²) in [6.07, 6.45) is 0.0113. The van der Waals surface area contributed by atoms with Crippen LogP contribution in [-0.2, 0) is 25.5 Å². The van der Waals surface area contributed by atoms with E-state index in [9.17, 15) is 24.0 Å². The van der Waals surface area contributed by atoms with Gasteiger partial charge in [0.05, 0.1) is 6.42 Å². The number of ether oxygens (including phenoxy) is 1. The van der Waals surface area contributed by atoms with Crippen LogP contribution in [0.1, 0.15) is 26.3 Å². The first-order valence-electron chi connectivity index (χ1n) is 9.09. The number of carbonyl (C=O) groups is 5. The molecule has 2 aromatic rings. The molecule has 9 heteroatoms. The third-order valence-corrected chi connectivity index (χ3v) is 4.42. The van der Waals surface area contributed by atoms with Crippen molar-refractivity contribution in [3.63, 3.8) is 0 Å². The maximum atomic E-state index is 12.4. The Balaban J connectivity index is 1.54. The minimum absolute atomic E-state index is 0.0113. The molecule has 1 aliphatic rings. The molecule has 3 rings (SSSR count). The summed E-state index contributed by atoms with van der Waals surface area (Å²) in [4.78, 5) is 61.1. The van der Waals surface area contributed by atoms with Crippen LogP contribution in [0.4, 0.5) is 5.69 Å². The van der Waals surface area contributed by atoms with Crippen LogP contribution in [0.5, 0.6) is 0 Å². The Labute approximate surface area is 172 Å². The molecule has 0 aromatic heterocycles. The van der Waals surface area contributed by atoms with Crippen LogP contribution in [0.15, 0.2) is 48.5 Å². The van der Waals surface area contributed by atoms with Crippen LogP contribution >= 0.6 is 0 Å². The maximum absolute atomic E-state index is 12.4. The topological polar surface area (TPSA) is 122 Å². The summed E-state index contributed by atoms with van der Waals surface area (Å²) in [5.41, 5.74) is 1.68. The van der Waals surface area contributed by atoms with Crippen molar-refractivity contribution in [2.24, 2.45) is 0 Å². The van der Waals surface area contributed by atoms with E-state index >= 15 is 0 Å². The number of rotatable bonds is 6. The molecule has 0 bridgehead atoms. The molecule has 0 saturated heterocycles. The summed E-state index contributed by atoms with van der Waals surface area (Å²) in [6, 6.07) is 12.9. The van der Waals surface area contributed by atoms with Gasteiger partial charge in [-0.2, -0.15) is 0 Å². The van der Waals surface area contributed by atoms with E-state index in [0.29, 0.717) is 22.4 Å². The molecule has 9 nitrogen and oxygen atoms in total. The zero-order valence-electron chi connectivity index (χ0n) is 16.1. The maximum Gasteiger partial charge on any atom is 0.326 e. The van der Waals surface area contributed by atoms with Crippen molar-refractivity contribution in [2.45, 2.75) is 6.42 Å². The molecule has 2 N–H and O–H groups in total. The Morgan fingerprint density at radius 2 is 1.83 bits per heavy atom. The lowest BCUT2D eigenvalue weighted by Gasteiger charge is -2.25. The summed E-state index contributed by atoms with van der Waals surface area (Å²) in [7, 11) is 1.49. The highest BCUT2D eigenvalue weighted by Crippen LogP contribution is 2.19. The fourth-order valence-corrected chi connectivity index (χ4v) is 2.96. The van der Waals surface area contributed by atoms with Gasteiger partial charge in [0, 0.05) is 23.9 Å². The molecule has 4 amide bonds.